The summed E-state index contributed by atoms with van der Waals surface area (Å²) in [7, 11) is 0. The number of hydrogen-bond acceptors (Lipinski definition) is 3. The van der Waals surface area contributed by atoms with Crippen molar-refractivity contribution in [1.29, 1.82) is 0 Å². The molecule has 0 radical (unpaired) electrons. The van der Waals surface area contributed by atoms with Gasteiger partial charge in [0.15, 0.2) is 0 Å². The van der Waals surface area contributed by atoms with Crippen molar-refractivity contribution in [2.24, 2.45) is 0 Å². The van der Waals surface area contributed by atoms with E-state index in [4.69, 9.17) is 5.11 Å². The fourth-order valence-corrected chi connectivity index (χ4v) is 4.41. The van der Waals surface area contributed by atoms with Crippen molar-refractivity contribution in [2.75, 3.05) is 26.2 Å². The molecule has 2 heterocycles. The number of rotatable bonds is 8. The maximum absolute atomic E-state index is 13.9. The Balaban J connectivity index is 1.35. The van der Waals surface area contributed by atoms with Crippen molar-refractivity contribution in [3.8, 4) is 0 Å². The number of aliphatic hydroxyl groups is 1. The molecule has 1 aliphatic rings. The Kier molecular flexibility index (Phi) is 6.99. The summed E-state index contributed by atoms with van der Waals surface area (Å²) in [5.41, 5.74) is 3.04. The molecular weight excluding hydrogens is 393 g/mol. The molecule has 164 valence electrons. The lowest BCUT2D eigenvalue weighted by atomic mass is 10.0. The summed E-state index contributed by atoms with van der Waals surface area (Å²) >= 11 is 0. The summed E-state index contributed by atoms with van der Waals surface area (Å²) in [6.07, 6.45) is 5.18. The van der Waals surface area contributed by atoms with Crippen LogP contribution in [0.3, 0.4) is 0 Å². The molecule has 1 aromatic heterocycles. The van der Waals surface area contributed by atoms with Gasteiger partial charge in [-0.2, -0.15) is 0 Å². The number of amides is 1. The molecule has 31 heavy (non-hydrogen) atoms. The van der Waals surface area contributed by atoms with E-state index >= 15 is 0 Å². The fraction of sp³-hybridized carbons (Fsp3) is 0.400. The second-order valence-corrected chi connectivity index (χ2v) is 8.28. The Morgan fingerprint density at radius 2 is 1.94 bits per heavy atom. The highest BCUT2D eigenvalue weighted by atomic mass is 19.1. The van der Waals surface area contributed by atoms with E-state index in [0.29, 0.717) is 12.6 Å². The van der Waals surface area contributed by atoms with Gasteiger partial charge in [0.05, 0.1) is 6.61 Å². The topological polar surface area (TPSA) is 57.5 Å². The first-order chi connectivity index (χ1) is 15.1. The first kappa shape index (κ1) is 21.5. The monoisotopic (exact) mass is 423 g/mol. The number of nitrogens with one attached hydrogen (secondary N) is 1. The number of likely N-dealkylation sites (tertiary alicyclic amines) is 1. The zero-order chi connectivity index (χ0) is 21.6. The minimum atomic E-state index is -0.138. The van der Waals surface area contributed by atoms with Gasteiger partial charge < -0.3 is 19.9 Å². The summed E-state index contributed by atoms with van der Waals surface area (Å²) in [4.78, 5) is 14.1. The third-order valence-electron chi connectivity index (χ3n) is 6.22. The van der Waals surface area contributed by atoms with Crippen LogP contribution in [0.2, 0.25) is 0 Å². The van der Waals surface area contributed by atoms with E-state index in [1.54, 1.807) is 6.07 Å². The van der Waals surface area contributed by atoms with Gasteiger partial charge in [0.2, 0.25) is 5.91 Å². The number of piperidine rings is 1. The van der Waals surface area contributed by atoms with Gasteiger partial charge in [-0.3, -0.25) is 4.79 Å². The molecule has 0 spiro atoms. The minimum absolute atomic E-state index is 0.112. The lowest BCUT2D eigenvalue weighted by Crippen LogP contribution is -2.35. The zero-order valence-corrected chi connectivity index (χ0v) is 17.8. The third kappa shape index (κ3) is 5.32. The largest absolute Gasteiger partial charge is 0.396 e. The molecule has 2 N–H and O–H groups in total. The van der Waals surface area contributed by atoms with E-state index in [1.165, 1.54) is 17.0 Å². The molecule has 0 saturated carbocycles. The van der Waals surface area contributed by atoms with Gasteiger partial charge in [-0.05, 0) is 54.0 Å². The molecule has 2 aromatic carbocycles. The molecule has 5 nitrogen and oxygen atoms in total. The molecule has 0 unspecified atom stereocenters. The van der Waals surface area contributed by atoms with Crippen molar-refractivity contribution in [1.82, 2.24) is 14.8 Å². The van der Waals surface area contributed by atoms with Crippen LogP contribution in [-0.4, -0.2) is 46.7 Å². The molecule has 0 bridgehead atoms. The van der Waals surface area contributed by atoms with Gasteiger partial charge in [0, 0.05) is 50.4 Å². The van der Waals surface area contributed by atoms with E-state index in [1.807, 2.05) is 18.2 Å². The van der Waals surface area contributed by atoms with Gasteiger partial charge in [-0.25, -0.2) is 4.39 Å². The van der Waals surface area contributed by atoms with Crippen LogP contribution in [0.5, 0.6) is 0 Å². The van der Waals surface area contributed by atoms with E-state index in [2.05, 4.69) is 39.2 Å². The average Bonchev–Trinajstić information content (AvgIpc) is 3.21. The minimum Gasteiger partial charge on any atom is -0.396 e. The Bertz CT molecular complexity index is 1020. The molecule has 0 aliphatic carbocycles. The van der Waals surface area contributed by atoms with E-state index in [9.17, 15) is 9.18 Å². The second-order valence-electron chi connectivity index (χ2n) is 8.28. The number of fused-ring (bicyclic) bond motifs is 1. The predicted octanol–water partition coefficient (Wildman–Crippen LogP) is 3.66. The van der Waals surface area contributed by atoms with E-state index in [-0.39, 0.29) is 24.8 Å². The molecule has 1 aliphatic heterocycles. The van der Waals surface area contributed by atoms with Gasteiger partial charge in [-0.1, -0.05) is 30.3 Å². The predicted molar refractivity (Wildman–Crippen MR) is 120 cm³/mol. The summed E-state index contributed by atoms with van der Waals surface area (Å²) in [6, 6.07) is 15.9. The number of halogens is 1. The van der Waals surface area contributed by atoms with Crippen molar-refractivity contribution >= 4 is 16.8 Å². The highest BCUT2D eigenvalue weighted by Crippen LogP contribution is 2.28. The lowest BCUT2D eigenvalue weighted by Gasteiger charge is -2.33. The fourth-order valence-electron chi connectivity index (χ4n) is 4.41. The van der Waals surface area contributed by atoms with Crippen LogP contribution in [0.1, 0.15) is 36.4 Å². The van der Waals surface area contributed by atoms with Gasteiger partial charge >= 0.3 is 0 Å². The van der Waals surface area contributed by atoms with Gasteiger partial charge in [-0.15, -0.1) is 0 Å². The van der Waals surface area contributed by atoms with E-state index in [0.717, 1.165) is 50.0 Å². The SMILES string of the molecule is O=C(CCO)NCc1ccc2ccn(C3CCN(CCc4ccccc4F)CC3)c2c1. The highest BCUT2D eigenvalue weighted by molar-refractivity contribution is 5.81. The summed E-state index contributed by atoms with van der Waals surface area (Å²) in [5, 5.41) is 12.9. The zero-order valence-electron chi connectivity index (χ0n) is 17.8. The number of benzene rings is 2. The normalized spacial score (nSPS) is 15.4. The van der Waals surface area contributed by atoms with Crippen molar-refractivity contribution < 1.29 is 14.3 Å². The molecule has 4 rings (SSSR count). The average molecular weight is 424 g/mol. The number of aliphatic hydroxyl groups excluding tert-OH is 1. The van der Waals surface area contributed by atoms with Crippen LogP contribution in [-0.2, 0) is 17.8 Å². The van der Waals surface area contributed by atoms with Crippen LogP contribution < -0.4 is 5.32 Å². The first-order valence-electron chi connectivity index (χ1n) is 11.1. The van der Waals surface area contributed by atoms with Crippen LogP contribution >= 0.6 is 0 Å². The van der Waals surface area contributed by atoms with Crippen molar-refractivity contribution in [3.05, 3.63) is 71.7 Å². The number of carbonyl (C=O) groups excluding carboxylic acids is 1. The van der Waals surface area contributed by atoms with Crippen molar-refractivity contribution in [3.63, 3.8) is 0 Å². The van der Waals surface area contributed by atoms with Crippen molar-refractivity contribution in [2.45, 2.75) is 38.3 Å². The Hall–Kier alpha value is -2.70. The van der Waals surface area contributed by atoms with Crippen LogP contribution in [0.4, 0.5) is 4.39 Å². The first-order valence-corrected chi connectivity index (χ1v) is 11.1. The molecular formula is C25H30FN3O2. The lowest BCUT2D eigenvalue weighted by molar-refractivity contribution is -0.121. The van der Waals surface area contributed by atoms with E-state index < -0.39 is 0 Å². The summed E-state index contributed by atoms with van der Waals surface area (Å²) in [5.74, 6) is -0.250. The Labute approximate surface area is 182 Å². The smallest absolute Gasteiger partial charge is 0.222 e. The number of aromatic nitrogens is 1. The van der Waals surface area contributed by atoms with Gasteiger partial charge in [0.1, 0.15) is 5.82 Å². The summed E-state index contributed by atoms with van der Waals surface area (Å²) < 4.78 is 16.2. The number of hydrogen-bond donors (Lipinski definition) is 2. The van der Waals surface area contributed by atoms with Crippen LogP contribution in [0.25, 0.3) is 10.9 Å². The molecule has 1 amide bonds. The highest BCUT2D eigenvalue weighted by Gasteiger charge is 2.21. The van der Waals surface area contributed by atoms with Crippen LogP contribution in [0.15, 0.2) is 54.7 Å². The molecule has 0 atom stereocenters. The number of nitrogens with zero attached hydrogens (tertiary/aromatic N) is 2. The number of carbonyl (C=O) groups is 1. The second kappa shape index (κ2) is 10.1. The Morgan fingerprint density at radius 1 is 1.13 bits per heavy atom. The quantitative estimate of drug-likeness (QED) is 0.581. The Morgan fingerprint density at radius 3 is 2.71 bits per heavy atom. The molecule has 1 saturated heterocycles. The molecule has 1 fully saturated rings. The summed E-state index contributed by atoms with van der Waals surface area (Å²) in [6.45, 7) is 3.24. The molecule has 6 heteroatoms. The maximum Gasteiger partial charge on any atom is 0.222 e. The standard InChI is InChI=1S/C25H30FN3O2/c26-23-4-2-1-3-20(23)7-12-28-13-9-22(10-14-28)29-15-8-21-6-5-19(17-24(21)29)18-27-25(31)11-16-30/h1-6,8,15,17,22,30H,7,9-14,16,18H2,(H,27,31). The maximum atomic E-state index is 13.9. The molecule has 3 aromatic rings. The van der Waals surface area contributed by atoms with Gasteiger partial charge in [0.25, 0.3) is 0 Å². The van der Waals surface area contributed by atoms with Crippen LogP contribution in [0, 0.1) is 5.82 Å². The third-order valence-corrected chi connectivity index (χ3v) is 6.22.